The number of hydrogen-bond acceptors (Lipinski definition) is 5. The third kappa shape index (κ3) is 5.66. The first-order chi connectivity index (χ1) is 9.59. The van der Waals surface area contributed by atoms with Gasteiger partial charge in [-0.25, -0.2) is 8.42 Å². The molecule has 1 aromatic carbocycles. The molecule has 0 saturated carbocycles. The van der Waals surface area contributed by atoms with Crippen molar-refractivity contribution in [1.29, 1.82) is 0 Å². The monoisotopic (exact) mass is 336 g/mol. The van der Waals surface area contributed by atoms with E-state index in [9.17, 15) is 17.8 Å². The van der Waals surface area contributed by atoms with E-state index in [4.69, 9.17) is 4.74 Å². The standard InChI is InChI=1S/C15H22O5S.Na/c1-5-7-11(2)15(3,4)14(16)20-12-8-6-9-13(10-12)21(17,18)19;/h6,8-11H,5,7H2,1-4H3,(H,17,18,19);/q;+1/p-1. The summed E-state index contributed by atoms with van der Waals surface area (Å²) >= 11 is 0. The normalized spacial score (nSPS) is 13.1. The molecule has 0 fully saturated rings. The van der Waals surface area contributed by atoms with E-state index in [2.05, 4.69) is 0 Å². The molecule has 0 aromatic heterocycles. The van der Waals surface area contributed by atoms with Crippen LogP contribution in [0.25, 0.3) is 0 Å². The average molecular weight is 336 g/mol. The first kappa shape index (κ1) is 21.6. The number of ether oxygens (including phenoxy) is 1. The molecule has 0 aliphatic rings. The van der Waals surface area contributed by atoms with Gasteiger partial charge in [-0.1, -0.05) is 26.3 Å². The fraction of sp³-hybridized carbons (Fsp3) is 0.533. The Morgan fingerprint density at radius 1 is 1.36 bits per heavy atom. The van der Waals surface area contributed by atoms with Crippen molar-refractivity contribution in [1.82, 2.24) is 0 Å². The zero-order valence-corrected chi connectivity index (χ0v) is 16.6. The molecule has 0 saturated heterocycles. The molecule has 0 radical (unpaired) electrons. The number of hydrogen-bond donors (Lipinski definition) is 0. The number of esters is 1. The van der Waals surface area contributed by atoms with E-state index in [0.717, 1.165) is 18.9 Å². The molecule has 1 atom stereocenters. The Morgan fingerprint density at radius 2 is 1.95 bits per heavy atom. The Morgan fingerprint density at radius 3 is 2.45 bits per heavy atom. The van der Waals surface area contributed by atoms with Crippen LogP contribution in [-0.2, 0) is 14.9 Å². The van der Waals surface area contributed by atoms with E-state index in [-0.39, 0.29) is 41.2 Å². The predicted molar refractivity (Wildman–Crippen MR) is 77.9 cm³/mol. The minimum atomic E-state index is -4.56. The Bertz CT molecular complexity index is 610. The third-order valence-electron chi connectivity index (χ3n) is 3.78. The molecule has 1 aromatic rings. The van der Waals surface area contributed by atoms with Gasteiger partial charge in [-0.3, -0.25) is 4.79 Å². The van der Waals surface area contributed by atoms with Crippen molar-refractivity contribution in [3.05, 3.63) is 24.3 Å². The fourth-order valence-electron chi connectivity index (χ4n) is 1.93. The summed E-state index contributed by atoms with van der Waals surface area (Å²) in [6.45, 7) is 7.61. The van der Waals surface area contributed by atoms with Crippen LogP contribution in [0.2, 0.25) is 0 Å². The second-order valence-electron chi connectivity index (χ2n) is 5.73. The van der Waals surface area contributed by atoms with Crippen molar-refractivity contribution in [2.24, 2.45) is 11.3 Å². The van der Waals surface area contributed by atoms with Gasteiger partial charge in [0.1, 0.15) is 15.9 Å². The summed E-state index contributed by atoms with van der Waals surface area (Å²) in [5.41, 5.74) is -0.692. The van der Waals surface area contributed by atoms with Crippen LogP contribution >= 0.6 is 0 Å². The molecule has 1 rings (SSSR count). The minimum Gasteiger partial charge on any atom is -0.744 e. The Kier molecular flexibility index (Phi) is 8.30. The smallest absolute Gasteiger partial charge is 0.744 e. The van der Waals surface area contributed by atoms with Gasteiger partial charge in [0.2, 0.25) is 0 Å². The van der Waals surface area contributed by atoms with Gasteiger partial charge in [-0.05, 0) is 44.4 Å². The number of carbonyl (C=O) groups is 1. The molecular formula is C15H21NaO5S. The van der Waals surface area contributed by atoms with E-state index < -0.39 is 26.4 Å². The fourth-order valence-corrected chi connectivity index (χ4v) is 2.43. The molecule has 7 heteroatoms. The summed E-state index contributed by atoms with van der Waals surface area (Å²) in [5.74, 6) is -0.251. The molecule has 118 valence electrons. The van der Waals surface area contributed by atoms with E-state index >= 15 is 0 Å². The molecule has 0 bridgehead atoms. The number of carbonyl (C=O) groups excluding carboxylic acids is 1. The van der Waals surface area contributed by atoms with Crippen LogP contribution in [0.4, 0.5) is 0 Å². The first-order valence-corrected chi connectivity index (χ1v) is 8.28. The Balaban J connectivity index is 0.00000441. The summed E-state index contributed by atoms with van der Waals surface area (Å²) in [7, 11) is -4.56. The maximum absolute atomic E-state index is 12.3. The Hall–Kier alpha value is -0.400. The van der Waals surface area contributed by atoms with Gasteiger partial charge in [0.15, 0.2) is 0 Å². The van der Waals surface area contributed by atoms with Gasteiger partial charge in [-0.2, -0.15) is 0 Å². The van der Waals surface area contributed by atoms with Crippen molar-refractivity contribution in [2.75, 3.05) is 0 Å². The molecule has 5 nitrogen and oxygen atoms in total. The van der Waals surface area contributed by atoms with Crippen LogP contribution < -0.4 is 34.3 Å². The second-order valence-corrected chi connectivity index (χ2v) is 7.11. The van der Waals surface area contributed by atoms with Crippen LogP contribution in [0.1, 0.15) is 40.5 Å². The van der Waals surface area contributed by atoms with Gasteiger partial charge in [0.05, 0.1) is 10.3 Å². The first-order valence-electron chi connectivity index (χ1n) is 6.87. The summed E-state index contributed by atoms with van der Waals surface area (Å²) in [4.78, 5) is 11.9. The maximum atomic E-state index is 12.3. The maximum Gasteiger partial charge on any atom is 1.00 e. The van der Waals surface area contributed by atoms with Gasteiger partial charge in [0.25, 0.3) is 0 Å². The molecule has 1 unspecified atom stereocenters. The minimum absolute atomic E-state index is 0. The number of rotatable bonds is 6. The molecule has 0 aliphatic heterocycles. The second kappa shape index (κ2) is 8.45. The zero-order valence-electron chi connectivity index (χ0n) is 13.8. The summed E-state index contributed by atoms with van der Waals surface area (Å²) in [6.07, 6.45) is 1.85. The number of benzene rings is 1. The Labute approximate surface area is 154 Å². The molecular weight excluding hydrogens is 315 g/mol. The molecule has 0 spiro atoms. The van der Waals surface area contributed by atoms with Crippen molar-refractivity contribution < 1.29 is 52.1 Å². The predicted octanol–water partition coefficient (Wildman–Crippen LogP) is -0.0375. The summed E-state index contributed by atoms with van der Waals surface area (Å²) in [6, 6.07) is 5.06. The van der Waals surface area contributed by atoms with Crippen LogP contribution in [0.15, 0.2) is 29.2 Å². The van der Waals surface area contributed by atoms with Crippen LogP contribution in [0, 0.1) is 11.3 Å². The van der Waals surface area contributed by atoms with Gasteiger partial charge in [0, 0.05) is 0 Å². The van der Waals surface area contributed by atoms with E-state index in [0.29, 0.717) is 0 Å². The van der Waals surface area contributed by atoms with Crippen LogP contribution in [0.3, 0.4) is 0 Å². The van der Waals surface area contributed by atoms with Crippen LogP contribution in [-0.4, -0.2) is 18.9 Å². The SMILES string of the molecule is CCCC(C)C(C)(C)C(=O)Oc1cccc(S(=O)(=O)[O-])c1.[Na+]. The average Bonchev–Trinajstić information content (AvgIpc) is 2.38. The largest absolute Gasteiger partial charge is 1.00 e. The topological polar surface area (TPSA) is 83.5 Å². The zero-order chi connectivity index (χ0) is 16.3. The molecule has 0 heterocycles. The molecule has 0 aliphatic carbocycles. The summed E-state index contributed by atoms with van der Waals surface area (Å²) < 4.78 is 38.1. The molecule has 0 N–H and O–H groups in total. The summed E-state index contributed by atoms with van der Waals surface area (Å²) in [5, 5.41) is 0. The van der Waals surface area contributed by atoms with Crippen LogP contribution in [0.5, 0.6) is 5.75 Å². The van der Waals surface area contributed by atoms with Gasteiger partial charge >= 0.3 is 35.5 Å². The third-order valence-corrected chi connectivity index (χ3v) is 4.62. The van der Waals surface area contributed by atoms with E-state index in [1.54, 1.807) is 13.8 Å². The van der Waals surface area contributed by atoms with Gasteiger partial charge in [-0.15, -0.1) is 0 Å². The van der Waals surface area contributed by atoms with Crippen molar-refractivity contribution in [2.45, 2.75) is 45.4 Å². The van der Waals surface area contributed by atoms with Gasteiger partial charge < -0.3 is 9.29 Å². The molecule has 0 amide bonds. The van der Waals surface area contributed by atoms with E-state index in [1.165, 1.54) is 18.2 Å². The van der Waals surface area contributed by atoms with Crippen molar-refractivity contribution in [3.8, 4) is 5.75 Å². The van der Waals surface area contributed by atoms with Crippen molar-refractivity contribution in [3.63, 3.8) is 0 Å². The van der Waals surface area contributed by atoms with Crippen molar-refractivity contribution >= 4 is 16.1 Å². The van der Waals surface area contributed by atoms with E-state index in [1.807, 2.05) is 13.8 Å². The quantitative estimate of drug-likeness (QED) is 0.315. The molecule has 22 heavy (non-hydrogen) atoms.